The van der Waals surface area contributed by atoms with Gasteiger partial charge in [-0.25, -0.2) is 0 Å². The Hall–Kier alpha value is -4.26. The predicted octanol–water partition coefficient (Wildman–Crippen LogP) is 7.47. The number of allylic oxidation sites excluding steroid dienone is 1. The highest BCUT2D eigenvalue weighted by Gasteiger charge is 2.65. The molecule has 5 aliphatic rings. The third-order valence-corrected chi connectivity index (χ3v) is 13.1. The molecule has 3 aliphatic heterocycles. The largest absolute Gasteiger partial charge is 0.492 e. The van der Waals surface area contributed by atoms with Crippen LogP contribution in [0.4, 0.5) is 0 Å². The molecule has 2 aliphatic carbocycles. The standard InChI is InChI=1S/C48H61N3O8/c1-3-26-57-48-43(50(2)47(54)36-18-17-33-12-4-5-13-34(33)29-36)32-41(49-59-44-16-8-11-27-56-44)39-30-35(14-6-9-24-52)38(15-7-10-25-53)45(46(39)48)40-31-37(19-20-42(40)58-48)55-28-23-51-21-22-51/h3-5,12-13,17-20,29-31,35,38,43-46,52-53H,1,6-11,14-16,21-28,32H2,2H3. The average Bonchev–Trinajstić information content (AvgIpc) is 4.10. The summed E-state index contributed by atoms with van der Waals surface area (Å²) in [7, 11) is 1.85. The zero-order chi connectivity index (χ0) is 40.8. The van der Waals surface area contributed by atoms with Gasteiger partial charge in [0.05, 0.1) is 24.8 Å². The fourth-order valence-electron chi connectivity index (χ4n) is 9.99. The number of aliphatic hydroxyl groups excluding tert-OH is 2. The Kier molecular flexibility index (Phi) is 13.3. The summed E-state index contributed by atoms with van der Waals surface area (Å²) in [4.78, 5) is 25.2. The summed E-state index contributed by atoms with van der Waals surface area (Å²) >= 11 is 0. The monoisotopic (exact) mass is 807 g/mol. The second-order valence-corrected chi connectivity index (χ2v) is 16.8. The summed E-state index contributed by atoms with van der Waals surface area (Å²) in [5, 5.41) is 26.8. The smallest absolute Gasteiger partial charge is 0.254 e. The number of rotatable bonds is 19. The number of hydrogen-bond donors (Lipinski definition) is 2. The first-order valence-corrected chi connectivity index (χ1v) is 21.9. The summed E-state index contributed by atoms with van der Waals surface area (Å²) in [6.07, 6.45) is 11.6. The van der Waals surface area contributed by atoms with Crippen molar-refractivity contribution in [3.8, 4) is 11.5 Å². The van der Waals surface area contributed by atoms with Crippen LogP contribution in [0.1, 0.15) is 86.0 Å². The van der Waals surface area contributed by atoms with Gasteiger partial charge in [-0.1, -0.05) is 60.5 Å². The molecule has 1 amide bonds. The van der Waals surface area contributed by atoms with Crippen LogP contribution in [-0.2, 0) is 14.3 Å². The molecule has 59 heavy (non-hydrogen) atoms. The van der Waals surface area contributed by atoms with E-state index in [0.29, 0.717) is 43.8 Å². The van der Waals surface area contributed by atoms with Gasteiger partial charge < -0.3 is 38.9 Å². The molecule has 7 unspecified atom stereocenters. The van der Waals surface area contributed by atoms with E-state index < -0.39 is 24.0 Å². The first-order chi connectivity index (χ1) is 28.9. The molecule has 11 nitrogen and oxygen atoms in total. The van der Waals surface area contributed by atoms with Crippen LogP contribution < -0.4 is 9.47 Å². The average molecular weight is 808 g/mol. The maximum Gasteiger partial charge on any atom is 0.254 e. The van der Waals surface area contributed by atoms with Crippen molar-refractivity contribution in [2.24, 2.45) is 22.9 Å². The van der Waals surface area contributed by atoms with Gasteiger partial charge in [0.1, 0.15) is 24.1 Å². The Labute approximate surface area is 348 Å². The molecular weight excluding hydrogens is 747 g/mol. The second kappa shape index (κ2) is 19.0. The molecule has 2 saturated heterocycles. The lowest BCUT2D eigenvalue weighted by Crippen LogP contribution is -2.69. The van der Waals surface area contributed by atoms with E-state index in [1.807, 2.05) is 61.6 Å². The predicted molar refractivity (Wildman–Crippen MR) is 228 cm³/mol. The van der Waals surface area contributed by atoms with Crippen molar-refractivity contribution >= 4 is 22.4 Å². The Bertz CT molecular complexity index is 1990. The number of carbonyl (C=O) groups excluding carboxylic acids is 1. The third-order valence-electron chi connectivity index (χ3n) is 13.1. The number of carbonyl (C=O) groups is 1. The lowest BCUT2D eigenvalue weighted by Gasteiger charge is -2.59. The molecule has 1 saturated carbocycles. The topological polar surface area (TPSA) is 122 Å². The summed E-state index contributed by atoms with van der Waals surface area (Å²) < 4.78 is 26.8. The first-order valence-electron chi connectivity index (χ1n) is 21.9. The molecule has 3 aromatic carbocycles. The Morgan fingerprint density at radius 3 is 2.59 bits per heavy atom. The van der Waals surface area contributed by atoms with E-state index in [9.17, 15) is 15.0 Å². The zero-order valence-electron chi connectivity index (χ0n) is 34.5. The number of likely N-dealkylation sites (N-methyl/N-ethyl adjacent to an activating group) is 1. The number of unbranched alkanes of at least 4 members (excludes halogenated alkanes) is 2. The van der Waals surface area contributed by atoms with Crippen LogP contribution in [0, 0.1) is 17.8 Å². The fourth-order valence-corrected chi connectivity index (χ4v) is 9.99. The number of hydrogen-bond acceptors (Lipinski definition) is 10. The van der Waals surface area contributed by atoms with E-state index in [4.69, 9.17) is 28.9 Å². The number of fused-ring (bicyclic) bond motifs is 3. The van der Waals surface area contributed by atoms with E-state index >= 15 is 0 Å². The molecule has 11 heteroatoms. The van der Waals surface area contributed by atoms with E-state index in [0.717, 1.165) is 98.0 Å². The van der Waals surface area contributed by atoms with E-state index in [2.05, 4.69) is 23.6 Å². The number of nitrogens with zero attached hydrogens (tertiary/aromatic N) is 3. The third kappa shape index (κ3) is 8.96. The van der Waals surface area contributed by atoms with Crippen LogP contribution in [-0.4, -0.2) is 109 Å². The molecular formula is C48H61N3O8. The lowest BCUT2D eigenvalue weighted by molar-refractivity contribution is -0.252. The SMILES string of the molecule is C=CCOC12Oc3ccc(OCCN4CC4)cc3C3C(CCCCO)C(CCCCO)C=C(C(=NOC4CCCCO4)CC1N(C)C(=O)c1ccc4ccccc4c1)C32. The highest BCUT2D eigenvalue weighted by molar-refractivity contribution is 6.04. The van der Waals surface area contributed by atoms with Crippen LogP contribution in [0.15, 0.2) is 90.1 Å². The summed E-state index contributed by atoms with van der Waals surface area (Å²) in [6, 6.07) is 19.4. The highest BCUT2D eigenvalue weighted by atomic mass is 16.8. The molecule has 316 valence electrons. The molecule has 3 aromatic rings. The highest BCUT2D eigenvalue weighted by Crippen LogP contribution is 2.62. The van der Waals surface area contributed by atoms with Gasteiger partial charge >= 0.3 is 0 Å². The number of benzene rings is 3. The summed E-state index contributed by atoms with van der Waals surface area (Å²) in [5.41, 5.74) is 3.38. The van der Waals surface area contributed by atoms with Crippen molar-refractivity contribution in [2.45, 2.75) is 88.2 Å². The maximum absolute atomic E-state index is 14.8. The van der Waals surface area contributed by atoms with Gasteiger partial charge in [-0.15, -0.1) is 6.58 Å². The quantitative estimate of drug-likeness (QED) is 0.0550. The van der Waals surface area contributed by atoms with Gasteiger partial charge in [0.15, 0.2) is 0 Å². The van der Waals surface area contributed by atoms with Gasteiger partial charge in [-0.05, 0) is 97.0 Å². The van der Waals surface area contributed by atoms with Gasteiger partial charge in [0, 0.05) is 69.8 Å². The van der Waals surface area contributed by atoms with Crippen molar-refractivity contribution in [3.63, 3.8) is 0 Å². The Morgan fingerprint density at radius 2 is 1.83 bits per heavy atom. The molecule has 3 fully saturated rings. The fraction of sp³-hybridized carbons (Fsp3) is 0.542. The van der Waals surface area contributed by atoms with Gasteiger partial charge in [0.25, 0.3) is 5.91 Å². The van der Waals surface area contributed by atoms with Gasteiger partial charge in [0.2, 0.25) is 12.1 Å². The van der Waals surface area contributed by atoms with E-state index in [1.165, 1.54) is 0 Å². The molecule has 0 spiro atoms. The minimum absolute atomic E-state index is 0.124. The molecule has 0 aromatic heterocycles. The first kappa shape index (κ1) is 41.5. The van der Waals surface area contributed by atoms with Crippen LogP contribution in [0.2, 0.25) is 0 Å². The van der Waals surface area contributed by atoms with Crippen molar-refractivity contribution in [3.05, 3.63) is 96.1 Å². The minimum Gasteiger partial charge on any atom is -0.492 e. The van der Waals surface area contributed by atoms with Crippen molar-refractivity contribution in [1.82, 2.24) is 9.80 Å². The molecule has 3 heterocycles. The van der Waals surface area contributed by atoms with E-state index in [1.54, 1.807) is 11.0 Å². The number of aliphatic hydroxyl groups is 2. The van der Waals surface area contributed by atoms with Crippen LogP contribution in [0.25, 0.3) is 10.8 Å². The van der Waals surface area contributed by atoms with Crippen molar-refractivity contribution in [1.29, 1.82) is 0 Å². The van der Waals surface area contributed by atoms with Crippen molar-refractivity contribution in [2.75, 3.05) is 59.7 Å². The minimum atomic E-state index is -1.33. The van der Waals surface area contributed by atoms with Crippen LogP contribution in [0.3, 0.4) is 0 Å². The van der Waals surface area contributed by atoms with Gasteiger partial charge in [-0.3, -0.25) is 9.69 Å². The maximum atomic E-state index is 14.8. The van der Waals surface area contributed by atoms with Gasteiger partial charge in [-0.2, -0.15) is 0 Å². The van der Waals surface area contributed by atoms with Crippen LogP contribution >= 0.6 is 0 Å². The summed E-state index contributed by atoms with van der Waals surface area (Å²) in [5.74, 6) is -0.234. The number of amides is 1. The molecule has 8 rings (SSSR count). The molecule has 2 N–H and O–H groups in total. The Balaban J connectivity index is 1.28. The second-order valence-electron chi connectivity index (χ2n) is 16.8. The summed E-state index contributed by atoms with van der Waals surface area (Å²) in [6.45, 7) is 8.84. The molecule has 0 radical (unpaired) electrons. The Morgan fingerprint density at radius 1 is 1.02 bits per heavy atom. The lowest BCUT2D eigenvalue weighted by atomic mass is 9.55. The number of ether oxygens (including phenoxy) is 4. The van der Waals surface area contributed by atoms with E-state index in [-0.39, 0.29) is 43.5 Å². The van der Waals surface area contributed by atoms with Crippen molar-refractivity contribution < 1.29 is 38.8 Å². The number of oxime groups is 1. The zero-order valence-corrected chi connectivity index (χ0v) is 34.5. The normalized spacial score (nSPS) is 27.9. The molecule has 0 bridgehead atoms. The van der Waals surface area contributed by atoms with Crippen LogP contribution in [0.5, 0.6) is 11.5 Å². The molecule has 7 atom stereocenters.